The number of carboxylic acids is 1. The van der Waals surface area contributed by atoms with Gasteiger partial charge in [-0.1, -0.05) is 11.6 Å². The molecule has 0 aliphatic carbocycles. The predicted octanol–water partition coefficient (Wildman–Crippen LogP) is 2.61. The molecule has 0 amide bonds. The first-order valence-corrected chi connectivity index (χ1v) is 4.12. The summed E-state index contributed by atoms with van der Waals surface area (Å²) in [5.74, 6) is -0.491. The zero-order valence-corrected chi connectivity index (χ0v) is 9.01. The molecule has 0 heterocycles. The monoisotopic (exact) mass is 236 g/mol. The van der Waals surface area contributed by atoms with Crippen LogP contribution in [-0.2, 0) is 4.79 Å². The molecule has 0 radical (unpaired) electrons. The van der Waals surface area contributed by atoms with Crippen LogP contribution >= 0.6 is 24.0 Å². The van der Waals surface area contributed by atoms with Crippen molar-refractivity contribution in [1.29, 1.82) is 0 Å². The Hall–Kier alpha value is -0.930. The van der Waals surface area contributed by atoms with Gasteiger partial charge < -0.3 is 9.84 Å². The number of benzene rings is 1. The molecule has 1 N–H and O–H groups in total. The SMILES string of the molecule is CC(Oc1ccc(Cl)cc1)C(=O)O.Cl. The number of aliphatic carboxylic acids is 1. The topological polar surface area (TPSA) is 46.5 Å². The molecule has 0 spiro atoms. The molecule has 1 atom stereocenters. The first-order chi connectivity index (χ1) is 6.09. The van der Waals surface area contributed by atoms with E-state index >= 15 is 0 Å². The summed E-state index contributed by atoms with van der Waals surface area (Å²) in [5.41, 5.74) is 0. The zero-order valence-electron chi connectivity index (χ0n) is 7.44. The Kier molecular flexibility index (Phi) is 5.35. The summed E-state index contributed by atoms with van der Waals surface area (Å²) in [4.78, 5) is 10.4. The molecule has 0 saturated heterocycles. The third-order valence-electron chi connectivity index (χ3n) is 1.47. The Balaban J connectivity index is 0.00000169. The summed E-state index contributed by atoms with van der Waals surface area (Å²) in [5, 5.41) is 9.14. The van der Waals surface area contributed by atoms with Gasteiger partial charge in [0.15, 0.2) is 6.10 Å². The van der Waals surface area contributed by atoms with Gasteiger partial charge in [-0.25, -0.2) is 4.79 Å². The smallest absolute Gasteiger partial charge is 0.344 e. The van der Waals surface area contributed by atoms with Crippen molar-refractivity contribution in [3.05, 3.63) is 29.3 Å². The van der Waals surface area contributed by atoms with Crippen LogP contribution in [0.5, 0.6) is 5.75 Å². The molecule has 0 aliphatic rings. The average Bonchev–Trinajstić information content (AvgIpc) is 2.08. The molecule has 0 aliphatic heterocycles. The predicted molar refractivity (Wildman–Crippen MR) is 56.4 cm³/mol. The van der Waals surface area contributed by atoms with Gasteiger partial charge in [-0.2, -0.15) is 0 Å². The van der Waals surface area contributed by atoms with E-state index < -0.39 is 12.1 Å². The standard InChI is InChI=1S/C9H9ClO3.ClH/c1-6(9(11)12)13-8-4-2-7(10)3-5-8;/h2-6H,1H3,(H,11,12);1H. The van der Waals surface area contributed by atoms with E-state index in [-0.39, 0.29) is 12.4 Å². The lowest BCUT2D eigenvalue weighted by Gasteiger charge is -2.09. The van der Waals surface area contributed by atoms with Crippen molar-refractivity contribution >= 4 is 30.0 Å². The number of halogens is 2. The molecule has 1 rings (SSSR count). The number of ether oxygens (including phenoxy) is 1. The number of hydrogen-bond acceptors (Lipinski definition) is 2. The minimum Gasteiger partial charge on any atom is -0.479 e. The molecular formula is C9H10Cl2O3. The van der Waals surface area contributed by atoms with Gasteiger partial charge in [0.05, 0.1) is 0 Å². The molecule has 0 aromatic heterocycles. The second-order valence-electron chi connectivity index (χ2n) is 2.55. The van der Waals surface area contributed by atoms with E-state index in [1.165, 1.54) is 6.92 Å². The fourth-order valence-corrected chi connectivity index (χ4v) is 0.894. The Bertz CT molecular complexity index is 297. The van der Waals surface area contributed by atoms with Gasteiger partial charge in [0, 0.05) is 5.02 Å². The molecule has 78 valence electrons. The zero-order chi connectivity index (χ0) is 9.84. The van der Waals surface area contributed by atoms with Crippen LogP contribution in [-0.4, -0.2) is 17.2 Å². The quantitative estimate of drug-likeness (QED) is 0.878. The van der Waals surface area contributed by atoms with Crippen molar-refractivity contribution in [2.75, 3.05) is 0 Å². The van der Waals surface area contributed by atoms with Gasteiger partial charge in [-0.3, -0.25) is 0 Å². The van der Waals surface area contributed by atoms with Gasteiger partial charge in [0.1, 0.15) is 5.75 Å². The van der Waals surface area contributed by atoms with Gasteiger partial charge in [0.2, 0.25) is 0 Å². The minimum atomic E-state index is -0.991. The molecule has 0 bridgehead atoms. The number of rotatable bonds is 3. The van der Waals surface area contributed by atoms with Crippen molar-refractivity contribution in [3.8, 4) is 5.75 Å². The third-order valence-corrected chi connectivity index (χ3v) is 1.73. The van der Waals surface area contributed by atoms with Crippen LogP contribution in [0.25, 0.3) is 0 Å². The van der Waals surface area contributed by atoms with Crippen LogP contribution in [0.15, 0.2) is 24.3 Å². The van der Waals surface area contributed by atoms with E-state index in [0.717, 1.165) is 0 Å². The summed E-state index contributed by atoms with van der Waals surface area (Å²) in [6.45, 7) is 1.47. The van der Waals surface area contributed by atoms with Crippen molar-refractivity contribution < 1.29 is 14.6 Å². The number of hydrogen-bond donors (Lipinski definition) is 1. The first-order valence-electron chi connectivity index (χ1n) is 3.74. The Morgan fingerprint density at radius 1 is 1.43 bits per heavy atom. The van der Waals surface area contributed by atoms with E-state index in [1.54, 1.807) is 24.3 Å². The molecule has 1 aromatic carbocycles. The van der Waals surface area contributed by atoms with E-state index in [9.17, 15) is 4.79 Å². The Morgan fingerprint density at radius 2 is 1.93 bits per heavy atom. The van der Waals surface area contributed by atoms with Crippen molar-refractivity contribution in [2.24, 2.45) is 0 Å². The van der Waals surface area contributed by atoms with Crippen LogP contribution in [0.3, 0.4) is 0 Å². The van der Waals surface area contributed by atoms with Crippen LogP contribution in [0.4, 0.5) is 0 Å². The first kappa shape index (κ1) is 13.1. The summed E-state index contributed by atoms with van der Waals surface area (Å²) in [7, 11) is 0. The van der Waals surface area contributed by atoms with Crippen molar-refractivity contribution in [2.45, 2.75) is 13.0 Å². The van der Waals surface area contributed by atoms with Crippen molar-refractivity contribution in [1.82, 2.24) is 0 Å². The van der Waals surface area contributed by atoms with Gasteiger partial charge in [-0.15, -0.1) is 12.4 Å². The van der Waals surface area contributed by atoms with Crippen molar-refractivity contribution in [3.63, 3.8) is 0 Å². The van der Waals surface area contributed by atoms with Crippen LogP contribution in [0, 0.1) is 0 Å². The second-order valence-corrected chi connectivity index (χ2v) is 2.99. The normalized spacial score (nSPS) is 11.3. The Morgan fingerprint density at radius 3 is 2.36 bits per heavy atom. The highest BCUT2D eigenvalue weighted by Crippen LogP contribution is 2.16. The molecule has 5 heteroatoms. The highest BCUT2D eigenvalue weighted by molar-refractivity contribution is 6.30. The van der Waals surface area contributed by atoms with Gasteiger partial charge in [-0.05, 0) is 31.2 Å². The molecule has 0 saturated carbocycles. The second kappa shape index (κ2) is 5.73. The number of carbonyl (C=O) groups is 1. The Labute approximate surface area is 93.1 Å². The lowest BCUT2D eigenvalue weighted by Crippen LogP contribution is -2.22. The van der Waals surface area contributed by atoms with E-state index in [4.69, 9.17) is 21.4 Å². The molecule has 3 nitrogen and oxygen atoms in total. The third kappa shape index (κ3) is 3.85. The van der Waals surface area contributed by atoms with Crippen LogP contribution in [0.1, 0.15) is 6.92 Å². The summed E-state index contributed by atoms with van der Waals surface area (Å²) in [6.07, 6.45) is -0.846. The van der Waals surface area contributed by atoms with E-state index in [0.29, 0.717) is 10.8 Å². The van der Waals surface area contributed by atoms with Crippen LogP contribution in [0.2, 0.25) is 5.02 Å². The highest BCUT2D eigenvalue weighted by atomic mass is 35.5. The lowest BCUT2D eigenvalue weighted by molar-refractivity contribution is -0.144. The fraction of sp³-hybridized carbons (Fsp3) is 0.222. The van der Waals surface area contributed by atoms with Crippen LogP contribution < -0.4 is 4.74 Å². The molecule has 14 heavy (non-hydrogen) atoms. The molecule has 1 unspecified atom stereocenters. The minimum absolute atomic E-state index is 0. The lowest BCUT2D eigenvalue weighted by atomic mass is 10.3. The largest absolute Gasteiger partial charge is 0.479 e. The van der Waals surface area contributed by atoms with E-state index in [2.05, 4.69) is 0 Å². The maximum Gasteiger partial charge on any atom is 0.344 e. The summed E-state index contributed by atoms with van der Waals surface area (Å²) in [6, 6.07) is 6.54. The summed E-state index contributed by atoms with van der Waals surface area (Å²) < 4.78 is 5.07. The molecule has 0 fully saturated rings. The average molecular weight is 237 g/mol. The van der Waals surface area contributed by atoms with Gasteiger partial charge >= 0.3 is 5.97 Å². The number of carboxylic acid groups (broad SMARTS) is 1. The fourth-order valence-electron chi connectivity index (χ4n) is 0.768. The van der Waals surface area contributed by atoms with E-state index in [1.807, 2.05) is 0 Å². The maximum absolute atomic E-state index is 10.4. The van der Waals surface area contributed by atoms with Gasteiger partial charge in [0.25, 0.3) is 0 Å². The highest BCUT2D eigenvalue weighted by Gasteiger charge is 2.11. The molecular weight excluding hydrogens is 227 g/mol. The molecule has 1 aromatic rings. The maximum atomic E-state index is 10.4. The summed E-state index contributed by atoms with van der Waals surface area (Å²) >= 11 is 5.64.